The molecule has 0 aliphatic carbocycles. The second-order valence-corrected chi connectivity index (χ2v) is 10.8. The lowest BCUT2D eigenvalue weighted by Crippen LogP contribution is -1.99. The Kier molecular flexibility index (Phi) is 39.7. The highest BCUT2D eigenvalue weighted by Gasteiger charge is 2.02. The Labute approximate surface area is 223 Å². The van der Waals surface area contributed by atoms with Gasteiger partial charge in [-0.2, -0.15) is 0 Å². The number of hydrogen-bond donors (Lipinski definition) is 0. The van der Waals surface area contributed by atoms with Crippen LogP contribution in [0, 0.1) is 0 Å². The van der Waals surface area contributed by atoms with Gasteiger partial charge < -0.3 is 4.90 Å². The molecule has 0 amide bonds. The lowest BCUT2D eigenvalue weighted by Gasteiger charge is -2.04. The van der Waals surface area contributed by atoms with Gasteiger partial charge in [-0.1, -0.05) is 149 Å². The first-order valence-corrected chi connectivity index (χ1v) is 15.2. The van der Waals surface area contributed by atoms with E-state index < -0.39 is 0 Å². The average molecular weight is 504 g/mol. The molecule has 0 saturated heterocycles. The third kappa shape index (κ3) is 42.1. The van der Waals surface area contributed by atoms with Crippen LogP contribution in [0.3, 0.4) is 0 Å². The fraction of sp³-hybridized carbons (Fsp3) is 0.968. The molecule has 3 heteroatoms. The highest BCUT2D eigenvalue weighted by molar-refractivity contribution is 5.85. The zero-order chi connectivity index (χ0) is 24.8. The monoisotopic (exact) mass is 503 g/mol. The molecule has 0 N–H and O–H groups in total. The van der Waals surface area contributed by atoms with E-state index in [-0.39, 0.29) is 12.4 Å². The second kappa shape index (κ2) is 35.1. The molecule has 0 aromatic heterocycles. The third-order valence-corrected chi connectivity index (χ3v) is 6.37. The van der Waals surface area contributed by atoms with Crippen LogP contribution in [0.2, 0.25) is 0 Å². The van der Waals surface area contributed by atoms with E-state index >= 15 is 0 Å². The van der Waals surface area contributed by atoms with E-state index in [4.69, 9.17) is 0 Å². The maximum absolute atomic E-state index is 12.0. The van der Waals surface area contributed by atoms with Gasteiger partial charge in [-0.25, -0.2) is 0 Å². The first-order valence-electron chi connectivity index (χ1n) is 15.2. The van der Waals surface area contributed by atoms with Crippen LogP contribution < -0.4 is 0 Å². The van der Waals surface area contributed by atoms with Gasteiger partial charge in [-0.15, -0.1) is 12.4 Å². The lowest BCUT2D eigenvalue weighted by molar-refractivity contribution is -0.119. The molecule has 0 aliphatic heterocycles. The summed E-state index contributed by atoms with van der Waals surface area (Å²) in [6.45, 7) is 4.56. The topological polar surface area (TPSA) is 20.3 Å². The summed E-state index contributed by atoms with van der Waals surface area (Å²) >= 11 is 0. The van der Waals surface area contributed by atoms with Gasteiger partial charge in [0, 0.05) is 12.8 Å². The maximum atomic E-state index is 12.0. The van der Waals surface area contributed by atoms with Crippen molar-refractivity contribution in [2.24, 2.45) is 0 Å². The third-order valence-electron chi connectivity index (χ3n) is 6.37. The minimum Gasteiger partial charge on any atom is -0.312 e. The predicted octanol–water partition coefficient (Wildman–Crippen LogP) is 10.9. The Hall–Kier alpha value is -0.0800. The molecule has 0 unspecified atom stereocenters. The summed E-state index contributed by atoms with van der Waals surface area (Å²) in [4.78, 5) is 14.0. The van der Waals surface area contributed by atoms with Crippen LogP contribution in [0.1, 0.15) is 174 Å². The molecule has 0 aromatic carbocycles. The quantitative estimate of drug-likeness (QED) is 0.115. The normalized spacial score (nSPS) is 10.6. The number of rotatable bonds is 25. The van der Waals surface area contributed by atoms with E-state index in [1.807, 2.05) is 26.0 Å². The highest BCUT2D eigenvalue weighted by atomic mass is 35.5. The Balaban J connectivity index is -0.00000177. The van der Waals surface area contributed by atoms with Crippen molar-refractivity contribution in [2.45, 2.75) is 174 Å². The highest BCUT2D eigenvalue weighted by Crippen LogP contribution is 2.14. The molecule has 0 saturated carbocycles. The Morgan fingerprint density at radius 1 is 0.412 bits per heavy atom. The zero-order valence-electron chi connectivity index (χ0n) is 24.4. The number of ketones is 1. The lowest BCUT2D eigenvalue weighted by atomic mass is 10.0. The minimum absolute atomic E-state index is 0. The van der Waals surface area contributed by atoms with Gasteiger partial charge in [0.2, 0.25) is 0 Å². The van der Waals surface area contributed by atoms with Crippen molar-refractivity contribution in [2.75, 3.05) is 21.1 Å². The molecule has 0 heterocycles. The fourth-order valence-electron chi connectivity index (χ4n) is 4.27. The molecule has 0 atom stereocenters. The molecule has 0 fully saturated rings. The summed E-state index contributed by atoms with van der Waals surface area (Å²) in [5, 5.41) is 0. The summed E-state index contributed by atoms with van der Waals surface area (Å²) in [6.07, 6.45) is 33.1. The van der Waals surface area contributed by atoms with E-state index in [1.54, 1.807) is 0 Å². The molecular weight excluding hydrogens is 438 g/mol. The summed E-state index contributed by atoms with van der Waals surface area (Å²) in [5.41, 5.74) is 0. The van der Waals surface area contributed by atoms with E-state index in [2.05, 4.69) is 13.8 Å². The van der Waals surface area contributed by atoms with E-state index in [0.717, 1.165) is 25.7 Å². The first-order chi connectivity index (χ1) is 16.0. The van der Waals surface area contributed by atoms with Crippen molar-refractivity contribution in [1.82, 2.24) is 4.90 Å². The molecule has 0 rings (SSSR count). The number of carbonyl (C=O) groups excluding carboxylic acids is 1. The zero-order valence-corrected chi connectivity index (χ0v) is 25.3. The van der Waals surface area contributed by atoms with Crippen molar-refractivity contribution in [3.8, 4) is 0 Å². The Bertz CT molecular complexity index is 357. The van der Waals surface area contributed by atoms with E-state index in [1.165, 1.54) is 135 Å². The van der Waals surface area contributed by atoms with Crippen LogP contribution in [0.4, 0.5) is 0 Å². The van der Waals surface area contributed by atoms with E-state index in [0.29, 0.717) is 5.78 Å². The van der Waals surface area contributed by atoms with Crippen molar-refractivity contribution >= 4 is 18.2 Å². The van der Waals surface area contributed by atoms with Gasteiger partial charge in [0.25, 0.3) is 0 Å². The molecule has 208 valence electrons. The maximum Gasteiger partial charge on any atom is 0.132 e. The molecule has 34 heavy (non-hydrogen) atoms. The number of unbranched alkanes of at least 4 members (excludes halogenated alkanes) is 21. The molecule has 0 aliphatic rings. The SMILES string of the molecule is CCCCCCCCCCCCCCCC(=O)CCCCCCCCCCCC.CN(C)C.Cl. The van der Waals surface area contributed by atoms with Gasteiger partial charge in [-0.3, -0.25) is 4.79 Å². The second-order valence-electron chi connectivity index (χ2n) is 10.8. The van der Waals surface area contributed by atoms with Crippen LogP contribution in [0.15, 0.2) is 0 Å². The minimum atomic E-state index is 0. The van der Waals surface area contributed by atoms with Crippen molar-refractivity contribution < 1.29 is 4.79 Å². The van der Waals surface area contributed by atoms with Crippen LogP contribution in [-0.2, 0) is 4.79 Å². The van der Waals surface area contributed by atoms with E-state index in [9.17, 15) is 4.79 Å². The van der Waals surface area contributed by atoms with Gasteiger partial charge in [0.15, 0.2) is 0 Å². The molecule has 0 aromatic rings. The summed E-state index contributed by atoms with van der Waals surface area (Å²) in [7, 11) is 6.00. The van der Waals surface area contributed by atoms with Crippen LogP contribution in [-0.4, -0.2) is 31.8 Å². The molecule has 0 spiro atoms. The van der Waals surface area contributed by atoms with Crippen LogP contribution in [0.25, 0.3) is 0 Å². The standard InChI is InChI=1S/C28H56O.C3H9N.ClH/c1-3-5-7-9-11-13-15-16-17-19-21-23-25-27-28(29)26-24-22-20-18-14-12-10-8-6-4-2;1-4(2)3;/h3-27H2,1-2H3;1-3H3;1H. The van der Waals surface area contributed by atoms with Crippen molar-refractivity contribution in [3.05, 3.63) is 0 Å². The number of carbonyl (C=O) groups is 1. The van der Waals surface area contributed by atoms with Crippen LogP contribution in [0.5, 0.6) is 0 Å². The first kappa shape index (κ1) is 38.5. The summed E-state index contributed by atoms with van der Waals surface area (Å²) in [6, 6.07) is 0. The van der Waals surface area contributed by atoms with Crippen molar-refractivity contribution in [1.29, 1.82) is 0 Å². The Morgan fingerprint density at radius 2 is 0.588 bits per heavy atom. The van der Waals surface area contributed by atoms with Crippen LogP contribution >= 0.6 is 12.4 Å². The predicted molar refractivity (Wildman–Crippen MR) is 159 cm³/mol. The Morgan fingerprint density at radius 3 is 0.794 bits per heavy atom. The largest absolute Gasteiger partial charge is 0.312 e. The number of halogens is 1. The van der Waals surface area contributed by atoms with Crippen molar-refractivity contribution in [3.63, 3.8) is 0 Å². The smallest absolute Gasteiger partial charge is 0.132 e. The van der Waals surface area contributed by atoms with Gasteiger partial charge in [0.05, 0.1) is 0 Å². The fourth-order valence-corrected chi connectivity index (χ4v) is 4.27. The number of hydrogen-bond acceptors (Lipinski definition) is 2. The molecular formula is C31H66ClNO. The summed E-state index contributed by atoms with van der Waals surface area (Å²) < 4.78 is 0. The summed E-state index contributed by atoms with van der Waals surface area (Å²) in [5.74, 6) is 0.521. The number of nitrogens with zero attached hydrogens (tertiary/aromatic N) is 1. The number of Topliss-reactive ketones (excluding diaryl/α,β-unsaturated/α-hetero) is 1. The molecule has 2 nitrogen and oxygen atoms in total. The molecule has 0 radical (unpaired) electrons. The van der Waals surface area contributed by atoms with Gasteiger partial charge in [0.1, 0.15) is 5.78 Å². The van der Waals surface area contributed by atoms with Gasteiger partial charge >= 0.3 is 0 Å². The average Bonchev–Trinajstić information content (AvgIpc) is 2.78. The molecule has 0 bridgehead atoms. The van der Waals surface area contributed by atoms with Gasteiger partial charge in [-0.05, 0) is 34.0 Å².